The van der Waals surface area contributed by atoms with Gasteiger partial charge in [0.05, 0.1) is 0 Å². The smallest absolute Gasteiger partial charge is 0.0154 e. The first-order chi connectivity index (χ1) is 6.20. The molecule has 1 aliphatic carbocycles. The van der Waals surface area contributed by atoms with Gasteiger partial charge in [0.2, 0.25) is 0 Å². The van der Waals surface area contributed by atoms with Crippen LogP contribution in [-0.2, 0) is 6.42 Å². The first-order valence-electron chi connectivity index (χ1n) is 4.92. The maximum Gasteiger partial charge on any atom is 0.0154 e. The molecule has 1 aromatic carbocycles. The van der Waals surface area contributed by atoms with Gasteiger partial charge < -0.3 is 0 Å². The molecule has 0 radical (unpaired) electrons. The predicted molar refractivity (Wildman–Crippen MR) is 60.4 cm³/mol. The van der Waals surface area contributed by atoms with Crippen molar-refractivity contribution in [3.05, 3.63) is 35.4 Å². The Morgan fingerprint density at radius 1 is 1.38 bits per heavy atom. The number of halogens is 1. The highest BCUT2D eigenvalue weighted by Gasteiger charge is 2.31. The SMILES string of the molecule is CC(Br)C1Cc2ccccc2C1C. The summed E-state index contributed by atoms with van der Waals surface area (Å²) in [5.41, 5.74) is 3.10. The van der Waals surface area contributed by atoms with Gasteiger partial charge in [-0.3, -0.25) is 0 Å². The molecule has 0 nitrogen and oxygen atoms in total. The summed E-state index contributed by atoms with van der Waals surface area (Å²) in [6.45, 7) is 4.60. The zero-order chi connectivity index (χ0) is 9.42. The van der Waals surface area contributed by atoms with Crippen LogP contribution in [-0.4, -0.2) is 4.83 Å². The second-order valence-corrected chi connectivity index (χ2v) is 5.48. The molecule has 0 N–H and O–H groups in total. The van der Waals surface area contributed by atoms with Crippen molar-refractivity contribution in [1.82, 2.24) is 0 Å². The summed E-state index contributed by atoms with van der Waals surface area (Å²) < 4.78 is 0. The van der Waals surface area contributed by atoms with E-state index in [4.69, 9.17) is 0 Å². The summed E-state index contributed by atoms with van der Waals surface area (Å²) in [5.74, 6) is 1.49. The van der Waals surface area contributed by atoms with E-state index >= 15 is 0 Å². The summed E-state index contributed by atoms with van der Waals surface area (Å²) >= 11 is 3.70. The second kappa shape index (κ2) is 3.45. The lowest BCUT2D eigenvalue weighted by Crippen LogP contribution is -2.14. The molecule has 0 fully saturated rings. The Labute approximate surface area is 88.5 Å². The zero-order valence-electron chi connectivity index (χ0n) is 8.13. The molecule has 0 aliphatic heterocycles. The molecule has 0 saturated carbocycles. The fourth-order valence-corrected chi connectivity index (χ4v) is 3.03. The fourth-order valence-electron chi connectivity index (χ4n) is 2.39. The average Bonchev–Trinajstić information content (AvgIpc) is 2.45. The van der Waals surface area contributed by atoms with E-state index in [1.807, 2.05) is 0 Å². The van der Waals surface area contributed by atoms with E-state index in [1.54, 1.807) is 11.1 Å². The van der Waals surface area contributed by atoms with Gasteiger partial charge in [-0.05, 0) is 29.4 Å². The molecule has 3 unspecified atom stereocenters. The molecule has 1 aliphatic rings. The fraction of sp³-hybridized carbons (Fsp3) is 0.500. The van der Waals surface area contributed by atoms with Crippen LogP contribution in [0.3, 0.4) is 0 Å². The normalized spacial score (nSPS) is 28.5. The van der Waals surface area contributed by atoms with Gasteiger partial charge in [-0.15, -0.1) is 0 Å². The quantitative estimate of drug-likeness (QED) is 0.655. The summed E-state index contributed by atoms with van der Waals surface area (Å²) in [6.07, 6.45) is 1.24. The van der Waals surface area contributed by atoms with Gasteiger partial charge in [-0.1, -0.05) is 54.0 Å². The third-order valence-electron chi connectivity index (χ3n) is 3.23. The number of hydrogen-bond acceptors (Lipinski definition) is 0. The highest BCUT2D eigenvalue weighted by molar-refractivity contribution is 9.09. The molecular formula is C12H15Br. The van der Waals surface area contributed by atoms with E-state index in [2.05, 4.69) is 54.0 Å². The summed E-state index contributed by atoms with van der Waals surface area (Å²) in [4.78, 5) is 0.620. The van der Waals surface area contributed by atoms with Crippen LogP contribution in [0.2, 0.25) is 0 Å². The Balaban J connectivity index is 2.32. The molecule has 0 saturated heterocycles. The molecule has 70 valence electrons. The second-order valence-electron chi connectivity index (χ2n) is 4.03. The number of alkyl halides is 1. The van der Waals surface area contributed by atoms with Crippen molar-refractivity contribution in [1.29, 1.82) is 0 Å². The largest absolute Gasteiger partial charge is 0.0890 e. The van der Waals surface area contributed by atoms with Crippen molar-refractivity contribution in [2.45, 2.75) is 31.0 Å². The van der Waals surface area contributed by atoms with Crippen molar-refractivity contribution in [3.63, 3.8) is 0 Å². The van der Waals surface area contributed by atoms with Crippen LogP contribution in [0, 0.1) is 5.92 Å². The van der Waals surface area contributed by atoms with Crippen molar-refractivity contribution >= 4 is 15.9 Å². The first kappa shape index (κ1) is 9.26. The van der Waals surface area contributed by atoms with Gasteiger partial charge >= 0.3 is 0 Å². The minimum absolute atomic E-state index is 0.620. The van der Waals surface area contributed by atoms with Crippen LogP contribution in [0.15, 0.2) is 24.3 Å². The molecule has 0 spiro atoms. The molecular weight excluding hydrogens is 224 g/mol. The van der Waals surface area contributed by atoms with Crippen molar-refractivity contribution in [2.24, 2.45) is 5.92 Å². The molecule has 1 aromatic rings. The van der Waals surface area contributed by atoms with Crippen LogP contribution in [0.1, 0.15) is 30.9 Å². The number of hydrogen-bond donors (Lipinski definition) is 0. The van der Waals surface area contributed by atoms with Crippen molar-refractivity contribution in [3.8, 4) is 0 Å². The standard InChI is InChI=1S/C12H15Br/c1-8-11-6-4-3-5-10(11)7-12(8)9(2)13/h3-6,8-9,12H,7H2,1-2H3. The maximum atomic E-state index is 3.70. The van der Waals surface area contributed by atoms with Gasteiger partial charge in [0.1, 0.15) is 0 Å². The first-order valence-corrected chi connectivity index (χ1v) is 5.83. The van der Waals surface area contributed by atoms with Gasteiger partial charge in [-0.2, -0.15) is 0 Å². The average molecular weight is 239 g/mol. The predicted octanol–water partition coefficient (Wildman–Crippen LogP) is 3.75. The van der Waals surface area contributed by atoms with Crippen molar-refractivity contribution in [2.75, 3.05) is 0 Å². The third-order valence-corrected chi connectivity index (χ3v) is 3.91. The van der Waals surface area contributed by atoms with E-state index in [0.717, 1.165) is 5.92 Å². The van der Waals surface area contributed by atoms with Gasteiger partial charge in [0.15, 0.2) is 0 Å². The van der Waals surface area contributed by atoms with Crippen LogP contribution < -0.4 is 0 Å². The monoisotopic (exact) mass is 238 g/mol. The number of rotatable bonds is 1. The molecule has 13 heavy (non-hydrogen) atoms. The Morgan fingerprint density at radius 2 is 2.08 bits per heavy atom. The molecule has 0 aromatic heterocycles. The molecule has 0 heterocycles. The van der Waals surface area contributed by atoms with Gasteiger partial charge in [0, 0.05) is 4.83 Å². The summed E-state index contributed by atoms with van der Waals surface area (Å²) in [6, 6.07) is 8.83. The molecule has 2 rings (SSSR count). The zero-order valence-corrected chi connectivity index (χ0v) is 9.71. The maximum absolute atomic E-state index is 3.70. The topological polar surface area (TPSA) is 0 Å². The summed E-state index contributed by atoms with van der Waals surface area (Å²) in [5, 5.41) is 0. The van der Waals surface area contributed by atoms with E-state index < -0.39 is 0 Å². The van der Waals surface area contributed by atoms with E-state index in [-0.39, 0.29) is 0 Å². The van der Waals surface area contributed by atoms with Gasteiger partial charge in [0.25, 0.3) is 0 Å². The van der Waals surface area contributed by atoms with Crippen LogP contribution in [0.4, 0.5) is 0 Å². The van der Waals surface area contributed by atoms with Gasteiger partial charge in [-0.25, -0.2) is 0 Å². The summed E-state index contributed by atoms with van der Waals surface area (Å²) in [7, 11) is 0. The minimum Gasteiger partial charge on any atom is -0.0890 e. The molecule has 0 bridgehead atoms. The minimum atomic E-state index is 0.620. The number of benzene rings is 1. The Hall–Kier alpha value is -0.300. The Kier molecular flexibility index (Phi) is 2.46. The lowest BCUT2D eigenvalue weighted by molar-refractivity contribution is 0.484. The molecule has 3 atom stereocenters. The van der Waals surface area contributed by atoms with E-state index in [1.165, 1.54) is 6.42 Å². The lowest BCUT2D eigenvalue weighted by atomic mass is 9.92. The Morgan fingerprint density at radius 3 is 2.69 bits per heavy atom. The van der Waals surface area contributed by atoms with E-state index in [0.29, 0.717) is 10.7 Å². The van der Waals surface area contributed by atoms with Crippen LogP contribution in [0.25, 0.3) is 0 Å². The van der Waals surface area contributed by atoms with Crippen LogP contribution >= 0.6 is 15.9 Å². The van der Waals surface area contributed by atoms with E-state index in [9.17, 15) is 0 Å². The Bertz CT molecular complexity index is 304. The van der Waals surface area contributed by atoms with Crippen LogP contribution in [0.5, 0.6) is 0 Å². The molecule has 0 amide bonds. The number of fused-ring (bicyclic) bond motifs is 1. The highest BCUT2D eigenvalue weighted by atomic mass is 79.9. The highest BCUT2D eigenvalue weighted by Crippen LogP contribution is 2.40. The molecule has 1 heteroatoms. The van der Waals surface area contributed by atoms with Crippen molar-refractivity contribution < 1.29 is 0 Å². The third kappa shape index (κ3) is 1.54. The lowest BCUT2D eigenvalue weighted by Gasteiger charge is -2.18.